The molecule has 2 aliphatic rings. The Hall–Kier alpha value is -4.81. The van der Waals surface area contributed by atoms with Crippen molar-refractivity contribution >= 4 is 23.9 Å². The molecule has 0 unspecified atom stereocenters. The summed E-state index contributed by atoms with van der Waals surface area (Å²) in [5.41, 5.74) is 2.91. The second-order valence-electron chi connectivity index (χ2n) is 11.0. The lowest BCUT2D eigenvalue weighted by atomic mass is 9.91. The van der Waals surface area contributed by atoms with Crippen LogP contribution in [0, 0.1) is 0 Å². The van der Waals surface area contributed by atoms with Crippen molar-refractivity contribution in [2.75, 3.05) is 32.9 Å². The minimum atomic E-state index is -1.33. The van der Waals surface area contributed by atoms with Crippen LogP contribution in [-0.2, 0) is 34.3 Å². The minimum absolute atomic E-state index is 0.0347. The molecule has 11 nitrogen and oxygen atoms in total. The second kappa shape index (κ2) is 16.1. The van der Waals surface area contributed by atoms with Crippen LogP contribution in [0.3, 0.4) is 0 Å². The molecular weight excluding hydrogens is 604 g/mol. The number of aliphatic hydroxyl groups is 2. The van der Waals surface area contributed by atoms with E-state index in [0.29, 0.717) is 11.1 Å². The molecule has 0 spiro atoms. The molecule has 47 heavy (non-hydrogen) atoms. The van der Waals surface area contributed by atoms with Crippen LogP contribution in [0.4, 0.5) is 0 Å². The van der Waals surface area contributed by atoms with Crippen LogP contribution < -0.4 is 10.6 Å². The molecule has 3 atom stereocenters. The maximum atomic E-state index is 13.5. The molecule has 246 valence electrons. The molecule has 2 amide bonds. The number of hydrogen-bond donors (Lipinski definition) is 4. The second-order valence-corrected chi connectivity index (χ2v) is 11.0. The Balaban J connectivity index is 1.39. The van der Waals surface area contributed by atoms with Gasteiger partial charge in [-0.3, -0.25) is 9.59 Å². The number of hydrogen-bond acceptors (Lipinski definition) is 9. The van der Waals surface area contributed by atoms with E-state index in [1.54, 1.807) is 36.4 Å². The number of rotatable bonds is 14. The SMILES string of the molecule is O=C(CCNC(=O)C1=C[C@H]2OC(c3ccccc3)(c3ccccc3)O[C@H]2[C@H](OC(=O)c2ccc(C=COCCO)cc2)C1)NCCO. The van der Waals surface area contributed by atoms with Crippen LogP contribution in [0.5, 0.6) is 0 Å². The summed E-state index contributed by atoms with van der Waals surface area (Å²) >= 11 is 0. The fourth-order valence-corrected chi connectivity index (χ4v) is 5.46. The topological polar surface area (TPSA) is 153 Å². The van der Waals surface area contributed by atoms with Gasteiger partial charge in [0, 0.05) is 42.6 Å². The van der Waals surface area contributed by atoms with Gasteiger partial charge >= 0.3 is 5.97 Å². The van der Waals surface area contributed by atoms with E-state index in [9.17, 15) is 14.4 Å². The Morgan fingerprint density at radius 1 is 0.851 bits per heavy atom. The molecular formula is C36H38N2O9. The quantitative estimate of drug-likeness (QED) is 0.118. The Morgan fingerprint density at radius 2 is 1.53 bits per heavy atom. The maximum absolute atomic E-state index is 13.5. The lowest BCUT2D eigenvalue weighted by molar-refractivity contribution is -0.157. The number of aliphatic hydroxyl groups excluding tert-OH is 2. The summed E-state index contributed by atoms with van der Waals surface area (Å²) in [5.74, 6) is -2.64. The van der Waals surface area contributed by atoms with Gasteiger partial charge in [-0.05, 0) is 29.8 Å². The Kier molecular flexibility index (Phi) is 11.5. The van der Waals surface area contributed by atoms with Crippen LogP contribution in [0.1, 0.15) is 39.9 Å². The third-order valence-corrected chi connectivity index (χ3v) is 7.72. The van der Waals surface area contributed by atoms with Gasteiger partial charge in [0.05, 0.1) is 25.0 Å². The van der Waals surface area contributed by atoms with E-state index in [1.165, 1.54) is 6.26 Å². The molecule has 1 fully saturated rings. The van der Waals surface area contributed by atoms with E-state index < -0.39 is 36.0 Å². The van der Waals surface area contributed by atoms with Gasteiger partial charge in [-0.1, -0.05) is 72.8 Å². The van der Waals surface area contributed by atoms with E-state index in [2.05, 4.69) is 10.6 Å². The van der Waals surface area contributed by atoms with Crippen molar-refractivity contribution in [3.05, 3.63) is 125 Å². The van der Waals surface area contributed by atoms with E-state index in [4.69, 9.17) is 29.2 Å². The van der Waals surface area contributed by atoms with E-state index >= 15 is 0 Å². The molecule has 3 aromatic carbocycles. The van der Waals surface area contributed by atoms with Crippen molar-refractivity contribution in [1.29, 1.82) is 0 Å². The zero-order valence-corrected chi connectivity index (χ0v) is 25.7. The number of esters is 1. The van der Waals surface area contributed by atoms with E-state index in [0.717, 1.165) is 16.7 Å². The first kappa shape index (κ1) is 33.6. The largest absolute Gasteiger partial charge is 0.499 e. The fourth-order valence-electron chi connectivity index (χ4n) is 5.46. The number of ether oxygens (including phenoxy) is 4. The maximum Gasteiger partial charge on any atom is 0.338 e. The first-order valence-electron chi connectivity index (χ1n) is 15.5. The number of amides is 2. The molecule has 0 aromatic heterocycles. The number of fused-ring (bicyclic) bond motifs is 1. The van der Waals surface area contributed by atoms with Crippen LogP contribution in [0.2, 0.25) is 0 Å². The summed E-state index contributed by atoms with van der Waals surface area (Å²) < 4.78 is 24.6. The van der Waals surface area contributed by atoms with Gasteiger partial charge in [-0.2, -0.15) is 0 Å². The molecule has 5 rings (SSSR count). The van der Waals surface area contributed by atoms with Gasteiger partial charge in [-0.15, -0.1) is 0 Å². The molecule has 1 saturated heterocycles. The average molecular weight is 643 g/mol. The summed E-state index contributed by atoms with van der Waals surface area (Å²) in [7, 11) is 0. The first-order valence-corrected chi connectivity index (χ1v) is 15.5. The molecule has 0 bridgehead atoms. The summed E-state index contributed by atoms with van der Waals surface area (Å²) in [6.45, 7) is 0.124. The summed E-state index contributed by atoms with van der Waals surface area (Å²) in [5, 5.41) is 23.1. The Morgan fingerprint density at radius 3 is 2.17 bits per heavy atom. The average Bonchev–Trinajstić information content (AvgIpc) is 3.51. The zero-order chi connectivity index (χ0) is 33.1. The van der Waals surface area contributed by atoms with Crippen LogP contribution in [0.25, 0.3) is 6.08 Å². The van der Waals surface area contributed by atoms with Gasteiger partial charge in [0.15, 0.2) is 0 Å². The molecule has 0 saturated carbocycles. The summed E-state index contributed by atoms with van der Waals surface area (Å²) in [6, 6.07) is 25.6. The van der Waals surface area contributed by atoms with Crippen molar-refractivity contribution in [3.63, 3.8) is 0 Å². The van der Waals surface area contributed by atoms with Crippen molar-refractivity contribution < 1.29 is 43.5 Å². The highest BCUT2D eigenvalue weighted by molar-refractivity contribution is 5.94. The monoisotopic (exact) mass is 642 g/mol. The number of carbonyl (C=O) groups is 3. The molecule has 0 radical (unpaired) electrons. The van der Waals surface area contributed by atoms with E-state index in [1.807, 2.05) is 60.7 Å². The van der Waals surface area contributed by atoms with E-state index in [-0.39, 0.29) is 51.7 Å². The minimum Gasteiger partial charge on any atom is -0.499 e. The smallest absolute Gasteiger partial charge is 0.338 e. The fraction of sp³-hybridized carbons (Fsp3) is 0.306. The molecule has 4 N–H and O–H groups in total. The molecule has 11 heteroatoms. The van der Waals surface area contributed by atoms with Crippen molar-refractivity contribution in [2.24, 2.45) is 0 Å². The predicted molar refractivity (Wildman–Crippen MR) is 172 cm³/mol. The Bertz CT molecular complexity index is 1520. The lowest BCUT2D eigenvalue weighted by Gasteiger charge is -2.31. The molecule has 1 aliphatic heterocycles. The van der Waals surface area contributed by atoms with Gasteiger partial charge in [-0.25, -0.2) is 4.79 Å². The molecule has 3 aromatic rings. The molecule has 1 aliphatic carbocycles. The normalized spacial score (nSPS) is 19.8. The highest BCUT2D eigenvalue weighted by Crippen LogP contribution is 2.47. The number of nitrogens with one attached hydrogen (secondary N) is 2. The standard InChI is InChI=1S/C36H38N2O9/c39-19-18-37-32(41)15-17-38-34(42)27-23-30(45-35(43)26-13-11-25(12-14-26)16-21-44-22-20-40)33-31(24-27)46-36(47-33,28-7-3-1-4-8-28)29-9-5-2-6-10-29/h1-14,16,21,24,30-31,33,39-40H,15,17-20,22-23H2,(H,37,41)(H,38,42)/t30-,31-,33+/m1/s1. The summed E-state index contributed by atoms with van der Waals surface area (Å²) in [6.07, 6.45) is 2.59. The zero-order valence-electron chi connectivity index (χ0n) is 25.7. The van der Waals surface area contributed by atoms with Crippen molar-refractivity contribution in [3.8, 4) is 0 Å². The predicted octanol–water partition coefficient (Wildman–Crippen LogP) is 2.82. The van der Waals surface area contributed by atoms with Gasteiger partial charge in [0.25, 0.3) is 0 Å². The Labute approximate surface area is 272 Å². The van der Waals surface area contributed by atoms with Gasteiger partial charge < -0.3 is 39.8 Å². The number of benzene rings is 3. The van der Waals surface area contributed by atoms with Gasteiger partial charge in [0.2, 0.25) is 17.6 Å². The highest BCUT2D eigenvalue weighted by atomic mass is 16.8. The van der Waals surface area contributed by atoms with Crippen LogP contribution >= 0.6 is 0 Å². The third kappa shape index (κ3) is 8.32. The third-order valence-electron chi connectivity index (χ3n) is 7.72. The van der Waals surface area contributed by atoms with Gasteiger partial charge in [0.1, 0.15) is 24.9 Å². The number of carbonyl (C=O) groups excluding carboxylic acids is 3. The van der Waals surface area contributed by atoms with Crippen LogP contribution in [-0.4, -0.2) is 79.2 Å². The first-order chi connectivity index (χ1) is 22.9. The van der Waals surface area contributed by atoms with Crippen molar-refractivity contribution in [2.45, 2.75) is 36.9 Å². The highest BCUT2D eigenvalue weighted by Gasteiger charge is 2.54. The van der Waals surface area contributed by atoms with Crippen LogP contribution in [0.15, 0.2) is 103 Å². The lowest BCUT2D eigenvalue weighted by Crippen LogP contribution is -2.44. The van der Waals surface area contributed by atoms with Crippen molar-refractivity contribution in [1.82, 2.24) is 10.6 Å². The molecule has 1 heterocycles. The summed E-state index contributed by atoms with van der Waals surface area (Å²) in [4.78, 5) is 38.7.